The van der Waals surface area contributed by atoms with Crippen molar-refractivity contribution in [3.05, 3.63) is 218 Å². The summed E-state index contributed by atoms with van der Waals surface area (Å²) in [6.07, 6.45) is 0. The maximum Gasteiger partial charge on any atom is 0.164 e. The molecule has 0 fully saturated rings. The van der Waals surface area contributed by atoms with Crippen LogP contribution in [0.15, 0.2) is 218 Å². The lowest BCUT2D eigenvalue weighted by molar-refractivity contribution is 1.07. The zero-order valence-corrected chi connectivity index (χ0v) is 34.8. The fraction of sp³-hybridized carbons (Fsp3) is 0. The quantitative estimate of drug-likeness (QED) is 0.150. The molecule has 0 amide bonds. The summed E-state index contributed by atoms with van der Waals surface area (Å²) in [5.41, 5.74) is 12.7. The molecule has 0 spiro atoms. The second-order valence-corrected chi connectivity index (χ2v) is 16.9. The van der Waals surface area contributed by atoms with Gasteiger partial charge in [0.25, 0.3) is 0 Å². The second kappa shape index (κ2) is 15.4. The zero-order valence-electron chi connectivity index (χ0n) is 34.0. The number of pyridine rings is 1. The molecule has 0 N–H and O–H groups in total. The van der Waals surface area contributed by atoms with Gasteiger partial charge in [0.05, 0.1) is 11.2 Å². The van der Waals surface area contributed by atoms with Crippen molar-refractivity contribution in [3.8, 4) is 78.8 Å². The van der Waals surface area contributed by atoms with Crippen LogP contribution in [0.5, 0.6) is 0 Å². The van der Waals surface area contributed by atoms with Gasteiger partial charge in [-0.05, 0) is 69.8 Å². The van der Waals surface area contributed by atoms with E-state index in [2.05, 4.69) is 158 Å². The number of hydrogen-bond donors (Lipinski definition) is 0. The summed E-state index contributed by atoms with van der Waals surface area (Å²) in [7, 11) is 0. The maximum absolute atomic E-state index is 5.42. The van der Waals surface area contributed by atoms with Crippen molar-refractivity contribution in [1.29, 1.82) is 0 Å². The van der Waals surface area contributed by atoms with Gasteiger partial charge in [-0.3, -0.25) is 0 Å². The molecule has 0 radical (unpaired) electrons. The first-order valence-corrected chi connectivity index (χ1v) is 21.9. The molecule has 3 heterocycles. The van der Waals surface area contributed by atoms with E-state index in [4.69, 9.17) is 19.9 Å². The SMILES string of the molecule is c1ccc(-c2nc(-c3ccccc3)nc(-c3cccc(-c4cccc(-c5cccc(-c6ccc7c(c6)nc(-c6ccccc6)c6ccc8sc9ccccc9c8c67)c5)c4)c3)n2)cc1. The first-order valence-electron chi connectivity index (χ1n) is 21.1. The molecule has 0 saturated heterocycles. The molecule has 3 aromatic heterocycles. The van der Waals surface area contributed by atoms with Gasteiger partial charge in [-0.15, -0.1) is 11.3 Å². The van der Waals surface area contributed by atoms with Gasteiger partial charge < -0.3 is 0 Å². The van der Waals surface area contributed by atoms with Gasteiger partial charge in [0.15, 0.2) is 17.5 Å². The van der Waals surface area contributed by atoms with Crippen molar-refractivity contribution in [1.82, 2.24) is 19.9 Å². The summed E-state index contributed by atoms with van der Waals surface area (Å²) in [4.78, 5) is 20.3. The Morgan fingerprint density at radius 1 is 0.254 bits per heavy atom. The topological polar surface area (TPSA) is 51.6 Å². The Balaban J connectivity index is 0.929. The van der Waals surface area contributed by atoms with Crippen molar-refractivity contribution < 1.29 is 0 Å². The van der Waals surface area contributed by atoms with Crippen LogP contribution in [-0.4, -0.2) is 19.9 Å². The van der Waals surface area contributed by atoms with Crippen molar-refractivity contribution >= 4 is 53.2 Å². The van der Waals surface area contributed by atoms with Crippen LogP contribution in [-0.2, 0) is 0 Å². The number of hydrogen-bond acceptors (Lipinski definition) is 5. The highest BCUT2D eigenvalue weighted by Gasteiger charge is 2.18. The van der Waals surface area contributed by atoms with Crippen LogP contribution in [0.4, 0.5) is 0 Å². The van der Waals surface area contributed by atoms with Gasteiger partial charge in [-0.2, -0.15) is 0 Å². The average Bonchev–Trinajstić information content (AvgIpc) is 3.76. The standard InChI is InChI=1S/C58H36N4S/c1-4-15-37(16-5-1)55-49-31-32-52-54(48-27-10-11-28-51(48)63-52)53(49)47-30-29-45(36-50(47)59-55)43-24-13-22-41(34-43)40-21-12-23-42(33-40)44-25-14-26-46(35-44)58-61-56(38-17-6-2-7-18-38)60-57(62-58)39-19-8-3-9-20-39/h1-36H. The molecule has 0 aliphatic carbocycles. The molecule has 5 heteroatoms. The third-order valence-corrected chi connectivity index (χ3v) is 13.0. The van der Waals surface area contributed by atoms with Gasteiger partial charge in [0, 0.05) is 58.6 Å². The second-order valence-electron chi connectivity index (χ2n) is 15.8. The van der Waals surface area contributed by atoms with Gasteiger partial charge in [-0.1, -0.05) is 182 Å². The fourth-order valence-electron chi connectivity index (χ4n) is 8.84. The lowest BCUT2D eigenvalue weighted by Gasteiger charge is -2.13. The maximum atomic E-state index is 5.42. The van der Waals surface area contributed by atoms with Crippen LogP contribution in [0.2, 0.25) is 0 Å². The highest BCUT2D eigenvalue weighted by atomic mass is 32.1. The molecule has 4 nitrogen and oxygen atoms in total. The first-order chi connectivity index (χ1) is 31.2. The van der Waals surface area contributed by atoms with Crippen LogP contribution in [0.1, 0.15) is 0 Å². The number of rotatable bonds is 7. The third-order valence-electron chi connectivity index (χ3n) is 11.9. The lowest BCUT2D eigenvalue weighted by Crippen LogP contribution is -2.00. The number of nitrogens with zero attached hydrogens (tertiary/aromatic N) is 4. The van der Waals surface area contributed by atoms with Crippen molar-refractivity contribution in [2.75, 3.05) is 0 Å². The van der Waals surface area contributed by atoms with Gasteiger partial charge in [0.2, 0.25) is 0 Å². The first kappa shape index (κ1) is 36.7. The van der Waals surface area contributed by atoms with E-state index in [0.717, 1.165) is 66.8 Å². The van der Waals surface area contributed by atoms with E-state index in [-0.39, 0.29) is 0 Å². The summed E-state index contributed by atoms with van der Waals surface area (Å²) in [5.74, 6) is 1.93. The predicted octanol–water partition coefficient (Wildman–Crippen LogP) is 15.6. The Morgan fingerprint density at radius 3 is 1.29 bits per heavy atom. The number of fused-ring (bicyclic) bond motifs is 7. The van der Waals surface area contributed by atoms with Crippen LogP contribution < -0.4 is 0 Å². The highest BCUT2D eigenvalue weighted by Crippen LogP contribution is 2.44. The van der Waals surface area contributed by atoms with Crippen molar-refractivity contribution in [3.63, 3.8) is 0 Å². The van der Waals surface area contributed by atoms with E-state index in [0.29, 0.717) is 17.5 Å². The molecule has 0 bridgehead atoms. The summed E-state index contributed by atoms with van der Waals surface area (Å²) in [5, 5.41) is 6.20. The smallest absolute Gasteiger partial charge is 0.164 e. The highest BCUT2D eigenvalue weighted by molar-refractivity contribution is 7.26. The van der Waals surface area contributed by atoms with Gasteiger partial charge in [0.1, 0.15) is 0 Å². The zero-order chi connectivity index (χ0) is 41.7. The van der Waals surface area contributed by atoms with E-state index in [1.54, 1.807) is 0 Å². The Labute approximate surface area is 368 Å². The van der Waals surface area contributed by atoms with E-state index >= 15 is 0 Å². The number of aromatic nitrogens is 4. The average molecular weight is 821 g/mol. The van der Waals surface area contributed by atoms with Crippen LogP contribution in [0.3, 0.4) is 0 Å². The van der Waals surface area contributed by atoms with Crippen LogP contribution in [0, 0.1) is 0 Å². The molecule has 0 unspecified atom stereocenters. The Hall–Kier alpha value is -8.12. The number of benzene rings is 9. The molecule has 0 saturated carbocycles. The molecular formula is C58H36N4S. The van der Waals surface area contributed by atoms with Crippen molar-refractivity contribution in [2.45, 2.75) is 0 Å². The molecule has 0 atom stereocenters. The molecule has 12 rings (SSSR count). The minimum atomic E-state index is 0.635. The molecule has 294 valence electrons. The third kappa shape index (κ3) is 6.72. The van der Waals surface area contributed by atoms with Crippen LogP contribution >= 0.6 is 11.3 Å². The summed E-state index contributed by atoms with van der Waals surface area (Å²) >= 11 is 1.86. The van der Waals surface area contributed by atoms with E-state index in [1.807, 2.05) is 72.0 Å². The Kier molecular flexibility index (Phi) is 8.98. The van der Waals surface area contributed by atoms with Gasteiger partial charge in [-0.25, -0.2) is 19.9 Å². The minimum Gasteiger partial charge on any atom is -0.247 e. The predicted molar refractivity (Wildman–Crippen MR) is 264 cm³/mol. The summed E-state index contributed by atoms with van der Waals surface area (Å²) < 4.78 is 2.59. The molecule has 0 aliphatic rings. The monoisotopic (exact) mass is 820 g/mol. The van der Waals surface area contributed by atoms with Gasteiger partial charge >= 0.3 is 0 Å². The normalized spacial score (nSPS) is 11.5. The largest absolute Gasteiger partial charge is 0.247 e. The Morgan fingerprint density at radius 2 is 0.698 bits per heavy atom. The lowest BCUT2D eigenvalue weighted by atomic mass is 9.93. The van der Waals surface area contributed by atoms with E-state index < -0.39 is 0 Å². The molecule has 63 heavy (non-hydrogen) atoms. The number of thiophene rings is 1. The molecular weight excluding hydrogens is 785 g/mol. The molecule has 0 aliphatic heterocycles. The fourth-order valence-corrected chi connectivity index (χ4v) is 9.95. The Bertz CT molecular complexity index is 3620. The summed E-state index contributed by atoms with van der Waals surface area (Å²) in [6.45, 7) is 0. The molecule has 9 aromatic carbocycles. The van der Waals surface area contributed by atoms with Crippen molar-refractivity contribution in [2.24, 2.45) is 0 Å². The van der Waals surface area contributed by atoms with Crippen LogP contribution in [0.25, 0.3) is 121 Å². The summed E-state index contributed by atoms with van der Waals surface area (Å²) in [6, 6.07) is 77.0. The minimum absolute atomic E-state index is 0.635. The molecule has 12 aromatic rings. The van der Waals surface area contributed by atoms with E-state index in [9.17, 15) is 0 Å². The van der Waals surface area contributed by atoms with E-state index in [1.165, 1.54) is 36.3 Å².